The van der Waals surface area contributed by atoms with Gasteiger partial charge >= 0.3 is 6.18 Å². The minimum Gasteiger partial charge on any atom is -0.380 e. The molecule has 0 spiro atoms. The monoisotopic (exact) mass is 259 g/mol. The molecule has 1 aromatic carbocycles. The van der Waals surface area contributed by atoms with Gasteiger partial charge in [0.25, 0.3) is 0 Å². The van der Waals surface area contributed by atoms with Gasteiger partial charge in [0.1, 0.15) is 0 Å². The molecule has 0 radical (unpaired) electrons. The standard InChI is InChI=1S/C13H16F3NO/c14-13(15,16)11-3-1-10(2-4-11)12(5-7-17)6-8-18-9-12/h1-4H,5-9,17H2. The van der Waals surface area contributed by atoms with E-state index < -0.39 is 11.7 Å². The van der Waals surface area contributed by atoms with Crippen LogP contribution in [0.3, 0.4) is 0 Å². The Bertz CT molecular complexity index is 394. The number of hydrogen-bond acceptors (Lipinski definition) is 2. The fourth-order valence-corrected chi connectivity index (χ4v) is 2.47. The van der Waals surface area contributed by atoms with Crippen molar-refractivity contribution in [3.63, 3.8) is 0 Å². The topological polar surface area (TPSA) is 35.2 Å². The second-order valence-corrected chi connectivity index (χ2v) is 4.70. The van der Waals surface area contributed by atoms with Crippen LogP contribution in [0, 0.1) is 0 Å². The maximum absolute atomic E-state index is 12.5. The lowest BCUT2D eigenvalue weighted by atomic mass is 9.77. The zero-order valence-corrected chi connectivity index (χ0v) is 9.96. The van der Waals surface area contributed by atoms with Crippen molar-refractivity contribution in [2.75, 3.05) is 19.8 Å². The van der Waals surface area contributed by atoms with Gasteiger partial charge in [0.2, 0.25) is 0 Å². The molecule has 0 saturated carbocycles. The summed E-state index contributed by atoms with van der Waals surface area (Å²) >= 11 is 0. The lowest BCUT2D eigenvalue weighted by Crippen LogP contribution is -2.29. The third kappa shape index (κ3) is 2.52. The first-order valence-electron chi connectivity index (χ1n) is 5.93. The van der Waals surface area contributed by atoms with Crippen molar-refractivity contribution in [3.05, 3.63) is 35.4 Å². The molecule has 1 unspecified atom stereocenters. The summed E-state index contributed by atoms with van der Waals surface area (Å²) in [5.74, 6) is 0. The summed E-state index contributed by atoms with van der Waals surface area (Å²) in [5.41, 5.74) is 5.65. The van der Waals surface area contributed by atoms with Crippen molar-refractivity contribution in [1.29, 1.82) is 0 Å². The van der Waals surface area contributed by atoms with E-state index in [9.17, 15) is 13.2 Å². The van der Waals surface area contributed by atoms with E-state index in [0.29, 0.717) is 19.8 Å². The molecule has 1 heterocycles. The highest BCUT2D eigenvalue weighted by molar-refractivity contribution is 5.31. The van der Waals surface area contributed by atoms with Gasteiger partial charge in [-0.25, -0.2) is 0 Å². The highest BCUT2D eigenvalue weighted by atomic mass is 19.4. The van der Waals surface area contributed by atoms with E-state index in [-0.39, 0.29) is 5.41 Å². The van der Waals surface area contributed by atoms with Crippen LogP contribution >= 0.6 is 0 Å². The van der Waals surface area contributed by atoms with E-state index in [1.54, 1.807) is 12.1 Å². The Kier molecular flexibility index (Phi) is 3.64. The maximum Gasteiger partial charge on any atom is 0.416 e. The molecule has 2 rings (SSSR count). The molecule has 1 aliphatic rings. The Morgan fingerprint density at radius 3 is 2.33 bits per heavy atom. The summed E-state index contributed by atoms with van der Waals surface area (Å²) in [6.45, 7) is 1.68. The van der Waals surface area contributed by atoms with Gasteiger partial charge in [-0.3, -0.25) is 0 Å². The largest absolute Gasteiger partial charge is 0.416 e. The third-order valence-electron chi connectivity index (χ3n) is 3.55. The van der Waals surface area contributed by atoms with E-state index in [2.05, 4.69) is 0 Å². The number of hydrogen-bond donors (Lipinski definition) is 1. The summed E-state index contributed by atoms with van der Waals surface area (Å²) in [7, 11) is 0. The number of halogens is 3. The Morgan fingerprint density at radius 2 is 1.89 bits per heavy atom. The molecule has 0 aliphatic carbocycles. The van der Waals surface area contributed by atoms with Crippen LogP contribution in [0.2, 0.25) is 0 Å². The van der Waals surface area contributed by atoms with Crippen LogP contribution in [0.4, 0.5) is 13.2 Å². The van der Waals surface area contributed by atoms with Crippen LogP contribution in [0.1, 0.15) is 24.0 Å². The average molecular weight is 259 g/mol. The van der Waals surface area contributed by atoms with Crippen molar-refractivity contribution in [3.8, 4) is 0 Å². The summed E-state index contributed by atoms with van der Waals surface area (Å²) in [6, 6.07) is 5.36. The number of ether oxygens (including phenoxy) is 1. The van der Waals surface area contributed by atoms with E-state index in [0.717, 1.165) is 30.5 Å². The zero-order chi connectivity index (χ0) is 13.2. The van der Waals surface area contributed by atoms with Crippen LogP contribution in [-0.4, -0.2) is 19.8 Å². The van der Waals surface area contributed by atoms with Crippen LogP contribution < -0.4 is 5.73 Å². The van der Waals surface area contributed by atoms with E-state index in [4.69, 9.17) is 10.5 Å². The normalized spacial score (nSPS) is 24.4. The van der Waals surface area contributed by atoms with Crippen molar-refractivity contribution < 1.29 is 17.9 Å². The van der Waals surface area contributed by atoms with Gasteiger partial charge in [-0.1, -0.05) is 12.1 Å². The molecule has 0 amide bonds. The van der Waals surface area contributed by atoms with Crippen molar-refractivity contribution in [1.82, 2.24) is 0 Å². The molecule has 1 atom stereocenters. The van der Waals surface area contributed by atoms with E-state index in [1.165, 1.54) is 0 Å². The highest BCUT2D eigenvalue weighted by Gasteiger charge is 2.37. The summed E-state index contributed by atoms with van der Waals surface area (Å²) < 4.78 is 42.9. The molecule has 100 valence electrons. The lowest BCUT2D eigenvalue weighted by Gasteiger charge is -2.27. The summed E-state index contributed by atoms with van der Waals surface area (Å²) in [4.78, 5) is 0. The Hall–Kier alpha value is -1.07. The first-order valence-corrected chi connectivity index (χ1v) is 5.93. The SMILES string of the molecule is NCCC1(c2ccc(C(F)(F)F)cc2)CCOC1. The second-order valence-electron chi connectivity index (χ2n) is 4.70. The summed E-state index contributed by atoms with van der Waals surface area (Å²) in [5, 5.41) is 0. The van der Waals surface area contributed by atoms with E-state index in [1.807, 2.05) is 0 Å². The van der Waals surface area contributed by atoms with Gasteiger partial charge in [0.05, 0.1) is 12.2 Å². The van der Waals surface area contributed by atoms with Crippen molar-refractivity contribution in [2.45, 2.75) is 24.4 Å². The van der Waals surface area contributed by atoms with Crippen molar-refractivity contribution >= 4 is 0 Å². The van der Waals surface area contributed by atoms with Gasteiger partial charge in [-0.2, -0.15) is 13.2 Å². The van der Waals surface area contributed by atoms with E-state index >= 15 is 0 Å². The van der Waals surface area contributed by atoms with Crippen LogP contribution in [0.25, 0.3) is 0 Å². The highest BCUT2D eigenvalue weighted by Crippen LogP contribution is 2.37. The Labute approximate surface area is 104 Å². The maximum atomic E-state index is 12.5. The molecular weight excluding hydrogens is 243 g/mol. The first-order chi connectivity index (χ1) is 8.48. The van der Waals surface area contributed by atoms with Gasteiger partial charge in [-0.05, 0) is 37.1 Å². The molecule has 1 fully saturated rings. The zero-order valence-electron chi connectivity index (χ0n) is 9.96. The van der Waals surface area contributed by atoms with Crippen molar-refractivity contribution in [2.24, 2.45) is 5.73 Å². The molecule has 0 bridgehead atoms. The first kappa shape index (κ1) is 13.4. The van der Waals surface area contributed by atoms with Crippen LogP contribution in [0.5, 0.6) is 0 Å². The molecule has 1 aliphatic heterocycles. The van der Waals surface area contributed by atoms with Gasteiger partial charge < -0.3 is 10.5 Å². The number of alkyl halides is 3. The van der Waals surface area contributed by atoms with Gasteiger partial charge in [0, 0.05) is 12.0 Å². The minimum absolute atomic E-state index is 0.209. The number of rotatable bonds is 3. The molecule has 1 saturated heterocycles. The predicted octanol–water partition coefficient (Wildman–Crippen LogP) is 2.71. The minimum atomic E-state index is -4.29. The molecule has 5 heteroatoms. The number of nitrogens with two attached hydrogens (primary N) is 1. The second kappa shape index (κ2) is 4.90. The van der Waals surface area contributed by atoms with Gasteiger partial charge in [0.15, 0.2) is 0 Å². The third-order valence-corrected chi connectivity index (χ3v) is 3.55. The molecule has 2 nitrogen and oxygen atoms in total. The molecule has 2 N–H and O–H groups in total. The summed E-state index contributed by atoms with van der Waals surface area (Å²) in [6.07, 6.45) is -2.74. The average Bonchev–Trinajstić information content (AvgIpc) is 2.78. The molecule has 1 aromatic rings. The van der Waals surface area contributed by atoms with Crippen LogP contribution in [0.15, 0.2) is 24.3 Å². The number of benzene rings is 1. The fourth-order valence-electron chi connectivity index (χ4n) is 2.47. The molecule has 0 aromatic heterocycles. The fraction of sp³-hybridized carbons (Fsp3) is 0.538. The van der Waals surface area contributed by atoms with Gasteiger partial charge in [-0.15, -0.1) is 0 Å². The molecular formula is C13H16F3NO. The van der Waals surface area contributed by atoms with Crippen LogP contribution in [-0.2, 0) is 16.3 Å². The quantitative estimate of drug-likeness (QED) is 0.905. The predicted molar refractivity (Wildman–Crippen MR) is 62.2 cm³/mol. The molecule has 18 heavy (non-hydrogen) atoms. The lowest BCUT2D eigenvalue weighted by molar-refractivity contribution is -0.137. The smallest absolute Gasteiger partial charge is 0.380 e. The Balaban J connectivity index is 2.27. The Morgan fingerprint density at radius 1 is 1.22 bits per heavy atom.